The molecule has 2 N–H and O–H groups in total. The zero-order valence-electron chi connectivity index (χ0n) is 11.9. The summed E-state index contributed by atoms with van der Waals surface area (Å²) in [7, 11) is -9.12. The summed E-state index contributed by atoms with van der Waals surface area (Å²) in [6.07, 6.45) is 2.78. The van der Waals surface area contributed by atoms with Crippen LogP contribution in [0.25, 0.3) is 11.4 Å². The first-order valence-electron chi connectivity index (χ1n) is 6.26. The molecule has 0 radical (unpaired) electrons. The van der Waals surface area contributed by atoms with Crippen molar-refractivity contribution in [2.75, 3.05) is 0 Å². The van der Waals surface area contributed by atoms with E-state index in [1.54, 1.807) is 0 Å². The maximum absolute atomic E-state index is 10.6. The smallest absolute Gasteiger partial charge is 0.264 e. The standard InChI is InChI=1S/C12H12N2O8S2/c15-23(16,17)21-7-9-1-3-13-11(5-9)12-6-10(2-4-14-12)8-22-24(18,19)20/h1-6H,7-8H2,(H,15,16,17)(H,18,19,20). The lowest BCUT2D eigenvalue weighted by Gasteiger charge is -2.06. The van der Waals surface area contributed by atoms with Crippen molar-refractivity contribution in [3.8, 4) is 11.4 Å². The SMILES string of the molecule is O=S(=O)(O)OCc1ccnc(-c2cc(COS(=O)(=O)O)ccn2)c1. The minimum absolute atomic E-state index is 0.361. The van der Waals surface area contributed by atoms with Crippen molar-refractivity contribution in [2.45, 2.75) is 13.2 Å². The van der Waals surface area contributed by atoms with Crippen molar-refractivity contribution in [1.29, 1.82) is 0 Å². The molecule has 0 aromatic carbocycles. The van der Waals surface area contributed by atoms with Crippen molar-refractivity contribution >= 4 is 20.8 Å². The maximum Gasteiger partial charge on any atom is 0.397 e. The second-order valence-electron chi connectivity index (χ2n) is 4.48. The second-order valence-corrected chi connectivity index (χ2v) is 6.66. The molecule has 0 bridgehead atoms. The highest BCUT2D eigenvalue weighted by atomic mass is 32.3. The highest BCUT2D eigenvalue weighted by molar-refractivity contribution is 7.81. The molecule has 0 atom stereocenters. The normalized spacial score (nSPS) is 12.2. The summed E-state index contributed by atoms with van der Waals surface area (Å²) < 4.78 is 68.0. The Morgan fingerprint density at radius 3 is 1.50 bits per heavy atom. The van der Waals surface area contributed by atoms with E-state index >= 15 is 0 Å². The first kappa shape index (κ1) is 18.4. The molecule has 2 heterocycles. The third-order valence-corrected chi connectivity index (χ3v) is 3.49. The van der Waals surface area contributed by atoms with Crippen LogP contribution in [-0.2, 0) is 42.4 Å². The van der Waals surface area contributed by atoms with Gasteiger partial charge in [0.15, 0.2) is 0 Å². The Bertz CT molecular complexity index is 850. The van der Waals surface area contributed by atoms with Gasteiger partial charge in [0.1, 0.15) is 0 Å². The van der Waals surface area contributed by atoms with Crippen LogP contribution in [-0.4, -0.2) is 35.9 Å². The van der Waals surface area contributed by atoms with Crippen LogP contribution in [0.2, 0.25) is 0 Å². The summed E-state index contributed by atoms with van der Waals surface area (Å²) in [6.45, 7) is -0.778. The molecule has 0 fully saturated rings. The summed E-state index contributed by atoms with van der Waals surface area (Å²) in [4.78, 5) is 8.13. The van der Waals surface area contributed by atoms with Crippen molar-refractivity contribution in [1.82, 2.24) is 9.97 Å². The number of hydrogen-bond donors (Lipinski definition) is 2. The van der Waals surface area contributed by atoms with E-state index in [0.717, 1.165) is 0 Å². The minimum Gasteiger partial charge on any atom is -0.264 e. The molecule has 0 aliphatic heterocycles. The number of nitrogens with zero attached hydrogens (tertiary/aromatic N) is 2. The lowest BCUT2D eigenvalue weighted by molar-refractivity contribution is 0.258. The second kappa shape index (κ2) is 7.29. The van der Waals surface area contributed by atoms with Gasteiger partial charge < -0.3 is 0 Å². The van der Waals surface area contributed by atoms with Gasteiger partial charge in [0.05, 0.1) is 24.6 Å². The van der Waals surface area contributed by atoms with Gasteiger partial charge in [-0.2, -0.15) is 16.8 Å². The summed E-state index contributed by atoms with van der Waals surface area (Å²) in [5.74, 6) is 0. The fourth-order valence-electron chi connectivity index (χ4n) is 1.69. The van der Waals surface area contributed by atoms with E-state index in [1.807, 2.05) is 0 Å². The molecule has 0 spiro atoms. The van der Waals surface area contributed by atoms with E-state index in [2.05, 4.69) is 18.3 Å². The van der Waals surface area contributed by atoms with Gasteiger partial charge in [-0.1, -0.05) is 0 Å². The summed E-state index contributed by atoms with van der Waals surface area (Å²) in [5, 5.41) is 0. The molecular formula is C12H12N2O8S2. The van der Waals surface area contributed by atoms with E-state index in [4.69, 9.17) is 9.11 Å². The third-order valence-electron chi connectivity index (χ3n) is 2.66. The number of pyridine rings is 2. The van der Waals surface area contributed by atoms with Gasteiger partial charge in [-0.05, 0) is 35.4 Å². The molecule has 10 nitrogen and oxygen atoms in total. The minimum atomic E-state index is -4.56. The Balaban J connectivity index is 2.19. The zero-order valence-corrected chi connectivity index (χ0v) is 13.6. The van der Waals surface area contributed by atoms with Crippen LogP contribution >= 0.6 is 0 Å². The van der Waals surface area contributed by atoms with Crippen molar-refractivity contribution in [2.24, 2.45) is 0 Å². The molecule has 2 rings (SSSR count). The highest BCUT2D eigenvalue weighted by Crippen LogP contribution is 2.18. The molecule has 0 saturated carbocycles. The van der Waals surface area contributed by atoms with Crippen molar-refractivity contribution < 1.29 is 34.3 Å². The average molecular weight is 376 g/mol. The molecule has 130 valence electrons. The van der Waals surface area contributed by atoms with E-state index in [-0.39, 0.29) is 13.2 Å². The fraction of sp³-hybridized carbons (Fsp3) is 0.167. The summed E-state index contributed by atoms with van der Waals surface area (Å²) in [5.41, 5.74) is 1.55. The Kier molecular flexibility index (Phi) is 5.58. The van der Waals surface area contributed by atoms with Crippen LogP contribution in [0.5, 0.6) is 0 Å². The number of aromatic nitrogens is 2. The van der Waals surface area contributed by atoms with Gasteiger partial charge >= 0.3 is 20.8 Å². The van der Waals surface area contributed by atoms with Crippen LogP contribution in [0.3, 0.4) is 0 Å². The van der Waals surface area contributed by atoms with Crippen LogP contribution in [0.4, 0.5) is 0 Å². The molecule has 0 aliphatic carbocycles. The predicted molar refractivity (Wildman–Crippen MR) is 80.1 cm³/mol. The summed E-state index contributed by atoms with van der Waals surface area (Å²) in [6, 6.07) is 5.95. The third kappa shape index (κ3) is 6.27. The van der Waals surface area contributed by atoms with Crippen LogP contribution in [0.1, 0.15) is 11.1 Å². The van der Waals surface area contributed by atoms with Gasteiger partial charge in [0, 0.05) is 12.4 Å². The first-order chi connectivity index (χ1) is 11.1. The number of hydrogen-bond acceptors (Lipinski definition) is 8. The van der Waals surface area contributed by atoms with E-state index in [0.29, 0.717) is 22.5 Å². The van der Waals surface area contributed by atoms with Crippen molar-refractivity contribution in [3.63, 3.8) is 0 Å². The Hall–Kier alpha value is -1.96. The topological polar surface area (TPSA) is 153 Å². The largest absolute Gasteiger partial charge is 0.397 e. The zero-order chi connectivity index (χ0) is 17.8. The van der Waals surface area contributed by atoms with Crippen LogP contribution in [0.15, 0.2) is 36.7 Å². The van der Waals surface area contributed by atoms with E-state index < -0.39 is 20.8 Å². The monoisotopic (exact) mass is 376 g/mol. The molecule has 0 aliphatic rings. The molecule has 0 amide bonds. The van der Waals surface area contributed by atoms with Gasteiger partial charge in [0.2, 0.25) is 0 Å². The number of rotatable bonds is 7. The molecule has 12 heteroatoms. The summed E-state index contributed by atoms with van der Waals surface area (Å²) >= 11 is 0. The molecule has 0 saturated heterocycles. The maximum atomic E-state index is 10.6. The molecule has 2 aromatic rings. The van der Waals surface area contributed by atoms with Gasteiger partial charge in [-0.15, -0.1) is 0 Å². The van der Waals surface area contributed by atoms with E-state index in [9.17, 15) is 16.8 Å². The van der Waals surface area contributed by atoms with Gasteiger partial charge in [0.25, 0.3) is 0 Å². The highest BCUT2D eigenvalue weighted by Gasteiger charge is 2.09. The first-order valence-corrected chi connectivity index (χ1v) is 8.99. The van der Waals surface area contributed by atoms with E-state index in [1.165, 1.54) is 36.7 Å². The fourth-order valence-corrected chi connectivity index (χ4v) is 2.26. The lowest BCUT2D eigenvalue weighted by atomic mass is 10.1. The van der Waals surface area contributed by atoms with Crippen LogP contribution < -0.4 is 0 Å². The lowest BCUT2D eigenvalue weighted by Crippen LogP contribution is -2.04. The van der Waals surface area contributed by atoms with Crippen LogP contribution in [0, 0.1) is 0 Å². The van der Waals surface area contributed by atoms with Gasteiger partial charge in [-0.25, -0.2) is 8.37 Å². The Morgan fingerprint density at radius 2 is 1.17 bits per heavy atom. The molecule has 0 unspecified atom stereocenters. The molecule has 2 aromatic heterocycles. The van der Waals surface area contributed by atoms with Crippen molar-refractivity contribution in [3.05, 3.63) is 47.8 Å². The molecule has 24 heavy (non-hydrogen) atoms. The van der Waals surface area contributed by atoms with Gasteiger partial charge in [-0.3, -0.25) is 19.1 Å². The Morgan fingerprint density at radius 1 is 0.792 bits per heavy atom. The predicted octanol–water partition coefficient (Wildman–Crippen LogP) is 0.782. The average Bonchev–Trinajstić information content (AvgIpc) is 2.50. The Labute approximate surface area is 138 Å². The molecular weight excluding hydrogens is 364 g/mol. The quantitative estimate of drug-likeness (QED) is 0.663.